The molecule has 166 valence electrons. The average Bonchev–Trinajstić information content (AvgIpc) is 3.30. The molecule has 1 saturated heterocycles. The molecular weight excluding hydrogens is 432 g/mol. The standard InChI is InChI=1S/C23H23ClN4O4/c1-2-26-11-13-27(14-12-26)22-18(24)7-4-8-19(22)25-23(29)21-10-9-20(32-21)16-5-3-6-17(15-16)28(30)31/h3-10,15H,2,11-14H2,1H3,(H,25,29). The lowest BCUT2D eigenvalue weighted by molar-refractivity contribution is -0.384. The second kappa shape index (κ2) is 9.42. The summed E-state index contributed by atoms with van der Waals surface area (Å²) in [6, 6.07) is 14.7. The molecule has 9 heteroatoms. The Morgan fingerprint density at radius 2 is 1.88 bits per heavy atom. The molecule has 0 spiro atoms. The van der Waals surface area contributed by atoms with Gasteiger partial charge in [0.25, 0.3) is 11.6 Å². The Kier molecular flexibility index (Phi) is 6.43. The molecular formula is C23H23ClN4O4. The van der Waals surface area contributed by atoms with Gasteiger partial charge in [0.05, 0.1) is 21.3 Å². The summed E-state index contributed by atoms with van der Waals surface area (Å²) in [5.74, 6) is 0.0616. The van der Waals surface area contributed by atoms with Crippen LogP contribution in [-0.2, 0) is 0 Å². The number of nitrogens with one attached hydrogen (secondary N) is 1. The van der Waals surface area contributed by atoms with E-state index in [9.17, 15) is 14.9 Å². The van der Waals surface area contributed by atoms with Gasteiger partial charge >= 0.3 is 0 Å². The van der Waals surface area contributed by atoms with Crippen molar-refractivity contribution in [2.45, 2.75) is 6.92 Å². The van der Waals surface area contributed by atoms with Crippen molar-refractivity contribution in [2.75, 3.05) is 42.9 Å². The zero-order valence-electron chi connectivity index (χ0n) is 17.6. The molecule has 0 unspecified atom stereocenters. The van der Waals surface area contributed by atoms with Crippen LogP contribution in [0.3, 0.4) is 0 Å². The normalized spacial score (nSPS) is 14.4. The van der Waals surface area contributed by atoms with Gasteiger partial charge in [0.1, 0.15) is 5.76 Å². The Hall–Kier alpha value is -3.36. The zero-order chi connectivity index (χ0) is 22.7. The van der Waals surface area contributed by atoms with E-state index in [0.717, 1.165) is 38.4 Å². The largest absolute Gasteiger partial charge is 0.451 e. The minimum absolute atomic E-state index is 0.0448. The molecule has 1 N–H and O–H groups in total. The van der Waals surface area contributed by atoms with Crippen LogP contribution >= 0.6 is 11.6 Å². The van der Waals surface area contributed by atoms with Crippen molar-refractivity contribution in [1.29, 1.82) is 0 Å². The molecule has 0 aliphatic carbocycles. The lowest BCUT2D eigenvalue weighted by atomic mass is 10.1. The van der Waals surface area contributed by atoms with Crippen molar-refractivity contribution in [2.24, 2.45) is 0 Å². The third-order valence-corrected chi connectivity index (χ3v) is 5.85. The fraction of sp³-hybridized carbons (Fsp3) is 0.261. The molecule has 1 aliphatic heterocycles. The summed E-state index contributed by atoms with van der Waals surface area (Å²) in [5, 5.41) is 14.5. The first-order chi connectivity index (χ1) is 15.5. The van der Waals surface area contributed by atoms with Gasteiger partial charge in [0, 0.05) is 43.9 Å². The SMILES string of the molecule is CCN1CCN(c2c(Cl)cccc2NC(=O)c2ccc(-c3cccc([N+](=O)[O-])c3)o2)CC1. The van der Waals surface area contributed by atoms with Crippen molar-refractivity contribution in [1.82, 2.24) is 4.90 Å². The van der Waals surface area contributed by atoms with Gasteiger partial charge in [-0.15, -0.1) is 0 Å². The molecule has 2 heterocycles. The Labute approximate surface area is 190 Å². The quantitative estimate of drug-likeness (QED) is 0.420. The van der Waals surface area contributed by atoms with E-state index in [2.05, 4.69) is 22.0 Å². The summed E-state index contributed by atoms with van der Waals surface area (Å²) in [4.78, 5) is 28.0. The highest BCUT2D eigenvalue weighted by molar-refractivity contribution is 6.34. The number of hydrogen-bond donors (Lipinski definition) is 1. The average molecular weight is 455 g/mol. The molecule has 1 aliphatic rings. The molecule has 32 heavy (non-hydrogen) atoms. The Balaban J connectivity index is 1.54. The van der Waals surface area contributed by atoms with E-state index in [1.165, 1.54) is 12.1 Å². The Morgan fingerprint density at radius 3 is 2.59 bits per heavy atom. The van der Waals surface area contributed by atoms with Crippen LogP contribution in [0.15, 0.2) is 59.0 Å². The minimum atomic E-state index is -0.471. The first kappa shape index (κ1) is 21.9. The molecule has 4 rings (SSSR count). The monoisotopic (exact) mass is 454 g/mol. The topological polar surface area (TPSA) is 91.9 Å². The highest BCUT2D eigenvalue weighted by Crippen LogP contribution is 2.35. The molecule has 3 aromatic rings. The number of halogens is 1. The molecule has 1 aromatic heterocycles. The van der Waals surface area contributed by atoms with Crippen LogP contribution < -0.4 is 10.2 Å². The Bertz CT molecular complexity index is 1140. The summed E-state index contributed by atoms with van der Waals surface area (Å²) < 4.78 is 5.69. The van der Waals surface area contributed by atoms with Gasteiger partial charge in [-0.25, -0.2) is 0 Å². The minimum Gasteiger partial charge on any atom is -0.451 e. The lowest BCUT2D eigenvalue weighted by Gasteiger charge is -2.36. The number of carbonyl (C=O) groups is 1. The smallest absolute Gasteiger partial charge is 0.291 e. The van der Waals surface area contributed by atoms with Gasteiger partial charge in [0.2, 0.25) is 0 Å². The van der Waals surface area contributed by atoms with Gasteiger partial charge in [-0.3, -0.25) is 14.9 Å². The number of carbonyl (C=O) groups excluding carboxylic acids is 1. The third-order valence-electron chi connectivity index (χ3n) is 5.54. The van der Waals surface area contributed by atoms with Crippen molar-refractivity contribution in [3.63, 3.8) is 0 Å². The molecule has 2 aromatic carbocycles. The van der Waals surface area contributed by atoms with Crippen molar-refractivity contribution < 1.29 is 14.1 Å². The van der Waals surface area contributed by atoms with Crippen LogP contribution in [0.25, 0.3) is 11.3 Å². The molecule has 1 amide bonds. The number of furan rings is 1. The van der Waals surface area contributed by atoms with E-state index in [0.29, 0.717) is 22.0 Å². The summed E-state index contributed by atoms with van der Waals surface area (Å²) in [6.07, 6.45) is 0. The van der Waals surface area contributed by atoms with E-state index in [4.69, 9.17) is 16.0 Å². The predicted octanol–water partition coefficient (Wildman–Crippen LogP) is 4.90. The number of piperazine rings is 1. The summed E-state index contributed by atoms with van der Waals surface area (Å²) in [7, 11) is 0. The van der Waals surface area contributed by atoms with Crippen LogP contribution in [0.4, 0.5) is 17.1 Å². The summed E-state index contributed by atoms with van der Waals surface area (Å²) in [6.45, 7) is 6.64. The van der Waals surface area contributed by atoms with Gasteiger partial charge in [-0.2, -0.15) is 0 Å². The number of nitro groups is 1. The predicted molar refractivity (Wildman–Crippen MR) is 125 cm³/mol. The molecule has 0 radical (unpaired) electrons. The maximum atomic E-state index is 12.9. The number of non-ortho nitro benzene ring substituents is 1. The Morgan fingerprint density at radius 1 is 1.12 bits per heavy atom. The molecule has 1 fully saturated rings. The number of rotatable bonds is 6. The van der Waals surface area contributed by atoms with Gasteiger partial charge in [0.15, 0.2) is 5.76 Å². The van der Waals surface area contributed by atoms with Gasteiger partial charge < -0.3 is 19.5 Å². The van der Waals surface area contributed by atoms with E-state index in [1.54, 1.807) is 30.3 Å². The number of para-hydroxylation sites is 1. The lowest BCUT2D eigenvalue weighted by Crippen LogP contribution is -2.46. The van der Waals surface area contributed by atoms with Crippen LogP contribution in [-0.4, -0.2) is 48.5 Å². The first-order valence-electron chi connectivity index (χ1n) is 10.4. The molecule has 0 saturated carbocycles. The first-order valence-corrected chi connectivity index (χ1v) is 10.8. The van der Waals surface area contributed by atoms with E-state index in [-0.39, 0.29) is 11.4 Å². The summed E-state index contributed by atoms with van der Waals surface area (Å²) >= 11 is 6.50. The van der Waals surface area contributed by atoms with Crippen molar-refractivity contribution >= 4 is 34.6 Å². The third kappa shape index (κ3) is 4.61. The van der Waals surface area contributed by atoms with Gasteiger partial charge in [-0.05, 0) is 30.8 Å². The zero-order valence-corrected chi connectivity index (χ0v) is 18.3. The number of benzene rings is 2. The fourth-order valence-electron chi connectivity index (χ4n) is 3.80. The number of hydrogen-bond acceptors (Lipinski definition) is 6. The molecule has 0 bridgehead atoms. The molecule has 8 nitrogen and oxygen atoms in total. The van der Waals surface area contributed by atoms with Crippen LogP contribution in [0, 0.1) is 10.1 Å². The van der Waals surface area contributed by atoms with Crippen LogP contribution in [0.5, 0.6) is 0 Å². The van der Waals surface area contributed by atoms with E-state index < -0.39 is 10.8 Å². The van der Waals surface area contributed by atoms with Crippen molar-refractivity contribution in [3.05, 3.63) is 75.5 Å². The fourth-order valence-corrected chi connectivity index (χ4v) is 4.09. The van der Waals surface area contributed by atoms with Crippen LogP contribution in [0.2, 0.25) is 5.02 Å². The number of nitrogens with zero attached hydrogens (tertiary/aromatic N) is 3. The number of likely N-dealkylation sites (N-methyl/N-ethyl adjacent to an activating group) is 1. The van der Waals surface area contributed by atoms with E-state index in [1.807, 2.05) is 12.1 Å². The summed E-state index contributed by atoms with van der Waals surface area (Å²) in [5.41, 5.74) is 1.89. The molecule has 0 atom stereocenters. The second-order valence-electron chi connectivity index (χ2n) is 7.48. The highest BCUT2D eigenvalue weighted by Gasteiger charge is 2.22. The van der Waals surface area contributed by atoms with E-state index >= 15 is 0 Å². The maximum absolute atomic E-state index is 12.9. The van der Waals surface area contributed by atoms with Gasteiger partial charge in [-0.1, -0.05) is 36.7 Å². The van der Waals surface area contributed by atoms with Crippen LogP contribution in [0.1, 0.15) is 17.5 Å². The second-order valence-corrected chi connectivity index (χ2v) is 7.89. The number of anilines is 2. The number of nitro benzene ring substituents is 1. The van der Waals surface area contributed by atoms with Crippen molar-refractivity contribution in [3.8, 4) is 11.3 Å². The maximum Gasteiger partial charge on any atom is 0.291 e. The highest BCUT2D eigenvalue weighted by atomic mass is 35.5. The number of amides is 1.